The number of ether oxygens (including phenoxy) is 2. The van der Waals surface area contributed by atoms with E-state index in [4.69, 9.17) is 15.2 Å². The zero-order valence-corrected chi connectivity index (χ0v) is 24.3. The summed E-state index contributed by atoms with van der Waals surface area (Å²) in [5, 5.41) is 74.6. The third kappa shape index (κ3) is 9.02. The van der Waals surface area contributed by atoms with Crippen molar-refractivity contribution in [2.24, 2.45) is 17.1 Å². The van der Waals surface area contributed by atoms with Gasteiger partial charge in [0.25, 0.3) is 0 Å². The van der Waals surface area contributed by atoms with Crippen LogP contribution in [0.15, 0.2) is 0 Å². The quantitative estimate of drug-likeness (QED) is 0.0951. The van der Waals surface area contributed by atoms with Gasteiger partial charge < -0.3 is 56.5 Å². The van der Waals surface area contributed by atoms with E-state index < -0.39 is 66.5 Å². The van der Waals surface area contributed by atoms with Gasteiger partial charge in [-0.05, 0) is 6.42 Å². The van der Waals surface area contributed by atoms with Crippen LogP contribution in [0.1, 0.15) is 78.6 Å². The summed E-state index contributed by atoms with van der Waals surface area (Å²) in [6.45, 7) is 7.60. The summed E-state index contributed by atoms with van der Waals surface area (Å²) in [5.74, 6) is -4.21. The molecule has 9 N–H and O–H groups in total. The van der Waals surface area contributed by atoms with Crippen LogP contribution < -0.4 is 21.5 Å². The minimum Gasteiger partial charge on any atom is -0.826 e. The summed E-state index contributed by atoms with van der Waals surface area (Å²) in [7, 11) is 0. The number of nitrogens with one attached hydrogen (secondary N) is 2. The van der Waals surface area contributed by atoms with Crippen LogP contribution in [0.4, 0.5) is 0 Å². The zero-order chi connectivity index (χ0) is 29.1. The number of unbranched alkanes of at least 4 members (excludes halogenated alkanes) is 7. The van der Waals surface area contributed by atoms with E-state index in [2.05, 4.69) is 17.6 Å². The molecule has 0 aromatic rings. The van der Waals surface area contributed by atoms with E-state index in [0.717, 1.165) is 25.7 Å². The average Bonchev–Trinajstić information content (AvgIpc) is 2.91. The van der Waals surface area contributed by atoms with Gasteiger partial charge in [-0.3, -0.25) is 0 Å². The topological polar surface area (TPSA) is 193 Å². The first-order valence-electron chi connectivity index (χ1n) is 15.0. The highest BCUT2D eigenvalue weighted by molar-refractivity contribution is 5.08. The van der Waals surface area contributed by atoms with E-state index >= 15 is 0 Å². The fraction of sp³-hybridized carbons (Fsp3) is 1.00. The molecule has 11 nitrogen and oxygen atoms in total. The Morgan fingerprint density at radius 3 is 2.05 bits per heavy atom. The second-order valence-corrected chi connectivity index (χ2v) is 11.9. The van der Waals surface area contributed by atoms with Gasteiger partial charge in [0.2, 0.25) is 0 Å². The molecule has 2 aliphatic heterocycles. The molecule has 0 amide bonds. The summed E-state index contributed by atoms with van der Waals surface area (Å²) in [5.41, 5.74) is 4.49. The van der Waals surface area contributed by atoms with Crippen molar-refractivity contribution in [1.29, 1.82) is 0 Å². The van der Waals surface area contributed by atoms with E-state index in [1.165, 1.54) is 25.7 Å². The maximum atomic E-state index is 14.2. The lowest BCUT2D eigenvalue weighted by atomic mass is 9.68. The highest BCUT2D eigenvalue weighted by Gasteiger charge is 2.59. The SMILES string of the molecule is CCCCCCCCCC[C@H]1OC(CO)C([C@@]2([O-])OC(CNCCNCCN)C(C)(C)[C@H](O)[C@H]2O)[C@H](O)[C@H]1O. The van der Waals surface area contributed by atoms with Crippen molar-refractivity contribution in [3.05, 3.63) is 0 Å². The fourth-order valence-electron chi connectivity index (χ4n) is 5.89. The zero-order valence-electron chi connectivity index (χ0n) is 24.3. The van der Waals surface area contributed by atoms with Gasteiger partial charge in [-0.15, -0.1) is 0 Å². The molecule has 3 unspecified atom stereocenters. The molecule has 0 bridgehead atoms. The predicted octanol–water partition coefficient (Wildman–Crippen LogP) is -1.04. The number of nitrogens with two attached hydrogens (primary N) is 1. The first-order chi connectivity index (χ1) is 18.6. The first kappa shape index (κ1) is 34.8. The first-order valence-corrected chi connectivity index (χ1v) is 15.0. The Bertz CT molecular complexity index is 673. The number of hydrogen-bond acceptors (Lipinski definition) is 11. The minimum atomic E-state index is -2.71. The molecule has 232 valence electrons. The van der Waals surface area contributed by atoms with Crippen LogP contribution in [-0.2, 0) is 9.47 Å². The lowest BCUT2D eigenvalue weighted by Crippen LogP contribution is -2.79. The minimum absolute atomic E-state index is 0.210. The second-order valence-electron chi connectivity index (χ2n) is 11.9. The summed E-state index contributed by atoms with van der Waals surface area (Å²) < 4.78 is 11.9. The molecule has 11 heteroatoms. The molecule has 0 spiro atoms. The van der Waals surface area contributed by atoms with Crippen LogP contribution in [0, 0.1) is 11.3 Å². The van der Waals surface area contributed by atoms with E-state index in [9.17, 15) is 30.6 Å². The molecular weight excluding hydrogens is 506 g/mol. The molecule has 0 radical (unpaired) electrons. The molecule has 0 saturated carbocycles. The summed E-state index contributed by atoms with van der Waals surface area (Å²) in [4.78, 5) is 0. The predicted molar refractivity (Wildman–Crippen MR) is 147 cm³/mol. The molecule has 0 aromatic carbocycles. The molecule has 2 fully saturated rings. The van der Waals surface area contributed by atoms with Gasteiger partial charge in [-0.1, -0.05) is 72.1 Å². The Labute approximate surface area is 234 Å². The standard InChI is InChI=1S/C28H56N3O8/c1-4-5-6-7-8-9-10-11-12-19-23(33)24(34)22(20(18-32)38-19)28(37)26(36)25(35)27(2,3)21(39-28)17-31-16-15-30-14-13-29/h19-26,30-36H,4-18,29H2,1-3H3/q-1/t19-,20?,21?,22?,23+,24+,25-,26-,28-/m1/s1. The smallest absolute Gasteiger partial charge is 0.106 e. The fourth-order valence-corrected chi connectivity index (χ4v) is 5.89. The Kier molecular flexibility index (Phi) is 15.0. The molecule has 39 heavy (non-hydrogen) atoms. The Morgan fingerprint density at radius 1 is 0.821 bits per heavy atom. The number of aliphatic hydroxyl groups is 5. The Hall–Kier alpha value is -0.440. The maximum absolute atomic E-state index is 14.2. The lowest BCUT2D eigenvalue weighted by Gasteiger charge is -2.63. The molecule has 2 aliphatic rings. The van der Waals surface area contributed by atoms with Crippen molar-refractivity contribution in [3.8, 4) is 0 Å². The van der Waals surface area contributed by atoms with Crippen molar-refractivity contribution in [2.45, 2.75) is 127 Å². The molecular formula is C28H56N3O8-. The average molecular weight is 563 g/mol. The molecule has 9 atom stereocenters. The van der Waals surface area contributed by atoms with E-state index in [-0.39, 0.29) is 6.54 Å². The van der Waals surface area contributed by atoms with E-state index in [1.54, 1.807) is 13.8 Å². The van der Waals surface area contributed by atoms with Crippen LogP contribution in [0.2, 0.25) is 0 Å². The maximum Gasteiger partial charge on any atom is 0.106 e. The monoisotopic (exact) mass is 562 g/mol. The van der Waals surface area contributed by atoms with Crippen LogP contribution in [0.25, 0.3) is 0 Å². The largest absolute Gasteiger partial charge is 0.826 e. The third-order valence-corrected chi connectivity index (χ3v) is 8.59. The number of hydrogen-bond donors (Lipinski definition) is 8. The summed E-state index contributed by atoms with van der Waals surface area (Å²) in [6.07, 6.45) is 0.265. The van der Waals surface area contributed by atoms with Gasteiger partial charge >= 0.3 is 0 Å². The van der Waals surface area contributed by atoms with Crippen LogP contribution in [0.3, 0.4) is 0 Å². The third-order valence-electron chi connectivity index (χ3n) is 8.59. The normalized spacial score (nSPS) is 36.8. The molecule has 2 heterocycles. The highest BCUT2D eigenvalue weighted by atomic mass is 16.7. The van der Waals surface area contributed by atoms with Gasteiger partial charge in [-0.2, -0.15) is 0 Å². The van der Waals surface area contributed by atoms with Crippen LogP contribution in [-0.4, -0.2) is 113 Å². The Morgan fingerprint density at radius 2 is 1.44 bits per heavy atom. The van der Waals surface area contributed by atoms with Gasteiger partial charge in [0.1, 0.15) is 6.10 Å². The molecule has 2 rings (SSSR count). The number of rotatable bonds is 18. The summed E-state index contributed by atoms with van der Waals surface area (Å²) >= 11 is 0. The van der Waals surface area contributed by atoms with Crippen LogP contribution in [0.5, 0.6) is 0 Å². The molecule has 2 saturated heterocycles. The van der Waals surface area contributed by atoms with Gasteiger partial charge in [0.15, 0.2) is 0 Å². The molecule has 0 aliphatic carbocycles. The number of aliphatic hydroxyl groups excluding tert-OH is 5. The van der Waals surface area contributed by atoms with E-state index in [1.807, 2.05) is 0 Å². The van der Waals surface area contributed by atoms with Gasteiger partial charge in [-0.25, -0.2) is 0 Å². The summed E-state index contributed by atoms with van der Waals surface area (Å²) in [6, 6.07) is 0. The molecule has 0 aromatic heterocycles. The van der Waals surface area contributed by atoms with Gasteiger partial charge in [0, 0.05) is 49.8 Å². The van der Waals surface area contributed by atoms with Crippen molar-refractivity contribution in [3.63, 3.8) is 0 Å². The van der Waals surface area contributed by atoms with Crippen molar-refractivity contribution >= 4 is 0 Å². The Balaban J connectivity index is 2.04. The van der Waals surface area contributed by atoms with Crippen molar-refractivity contribution < 1.29 is 40.1 Å². The van der Waals surface area contributed by atoms with E-state index in [0.29, 0.717) is 32.6 Å². The highest BCUT2D eigenvalue weighted by Crippen LogP contribution is 2.45. The second kappa shape index (κ2) is 16.9. The van der Waals surface area contributed by atoms with Gasteiger partial charge in [0.05, 0.1) is 43.2 Å². The van der Waals surface area contributed by atoms with Crippen LogP contribution >= 0.6 is 0 Å². The van der Waals surface area contributed by atoms with Crippen molar-refractivity contribution in [2.75, 3.05) is 39.3 Å². The lowest BCUT2D eigenvalue weighted by molar-refractivity contribution is -0.620. The van der Waals surface area contributed by atoms with Crippen molar-refractivity contribution in [1.82, 2.24) is 10.6 Å².